The second-order valence-corrected chi connectivity index (χ2v) is 5.29. The monoisotopic (exact) mass is 344 g/mol. The quantitative estimate of drug-likeness (QED) is 0.594. The van der Waals surface area contributed by atoms with E-state index in [0.717, 1.165) is 5.69 Å². The first kappa shape index (κ1) is 18.1. The lowest BCUT2D eigenvalue weighted by molar-refractivity contribution is -0.114. The maximum Gasteiger partial charge on any atom is 0.356 e. The maximum atomic E-state index is 12.0. The lowest BCUT2D eigenvalue weighted by Crippen LogP contribution is -2.22. The molecule has 0 fully saturated rings. The predicted octanol–water partition coefficient (Wildman–Crippen LogP) is 1.52. The van der Waals surface area contributed by atoms with Crippen molar-refractivity contribution in [3.8, 4) is 0 Å². The fourth-order valence-electron chi connectivity index (χ4n) is 2.22. The van der Waals surface area contributed by atoms with Crippen molar-refractivity contribution in [3.63, 3.8) is 0 Å². The summed E-state index contributed by atoms with van der Waals surface area (Å²) in [6.07, 6.45) is 0. The lowest BCUT2D eigenvalue weighted by Gasteiger charge is -2.08. The van der Waals surface area contributed by atoms with Crippen molar-refractivity contribution in [1.82, 2.24) is 10.3 Å². The molecule has 1 aromatic carbocycles. The molecule has 8 heteroatoms. The van der Waals surface area contributed by atoms with Crippen LogP contribution in [-0.4, -0.2) is 43.5 Å². The molecular formula is C17H20N4O4. The number of aromatic nitrogens is 1. The van der Waals surface area contributed by atoms with Crippen molar-refractivity contribution in [2.24, 2.45) is 0 Å². The Morgan fingerprint density at radius 1 is 1.16 bits per heavy atom. The van der Waals surface area contributed by atoms with E-state index in [1.807, 2.05) is 0 Å². The van der Waals surface area contributed by atoms with Gasteiger partial charge in [-0.1, -0.05) is 0 Å². The molecule has 0 spiro atoms. The Bertz CT molecular complexity index is 780. The standard InChI is InChI=1S/C17H20N4O4/c1-10-8-13(15(20-10)17(24)25-3)19-9-14(22)21-12-6-4-11(5-7-12)16(23)18-2/h4-8,19-20H,9H2,1-3H3,(H,18,23)(H,21,22). The van der Waals surface area contributed by atoms with Gasteiger partial charge < -0.3 is 25.7 Å². The molecule has 0 unspecified atom stereocenters. The highest BCUT2D eigenvalue weighted by Crippen LogP contribution is 2.17. The van der Waals surface area contributed by atoms with Crippen LogP contribution in [0.25, 0.3) is 0 Å². The Kier molecular flexibility index (Phi) is 5.78. The third-order valence-electron chi connectivity index (χ3n) is 3.44. The molecule has 2 rings (SSSR count). The van der Waals surface area contributed by atoms with Gasteiger partial charge in [0.15, 0.2) is 0 Å². The minimum atomic E-state index is -0.513. The van der Waals surface area contributed by atoms with Gasteiger partial charge in [-0.15, -0.1) is 0 Å². The zero-order chi connectivity index (χ0) is 18.4. The number of carbonyl (C=O) groups excluding carboxylic acids is 3. The number of methoxy groups -OCH3 is 1. The molecule has 8 nitrogen and oxygen atoms in total. The number of esters is 1. The Labute approximate surface area is 144 Å². The zero-order valence-corrected chi connectivity index (χ0v) is 14.2. The van der Waals surface area contributed by atoms with Gasteiger partial charge in [-0.05, 0) is 37.3 Å². The van der Waals surface area contributed by atoms with Crippen LogP contribution in [0, 0.1) is 6.92 Å². The number of hydrogen-bond donors (Lipinski definition) is 4. The molecule has 25 heavy (non-hydrogen) atoms. The van der Waals surface area contributed by atoms with Gasteiger partial charge in [0.25, 0.3) is 5.91 Å². The van der Waals surface area contributed by atoms with Gasteiger partial charge in [-0.3, -0.25) is 9.59 Å². The van der Waals surface area contributed by atoms with Gasteiger partial charge in [0.05, 0.1) is 19.3 Å². The highest BCUT2D eigenvalue weighted by atomic mass is 16.5. The molecule has 2 amide bonds. The molecule has 0 saturated carbocycles. The summed E-state index contributed by atoms with van der Waals surface area (Å²) in [5.41, 5.74) is 2.60. The predicted molar refractivity (Wildman–Crippen MR) is 93.8 cm³/mol. The Hall–Kier alpha value is -3.29. The number of hydrogen-bond acceptors (Lipinski definition) is 5. The van der Waals surface area contributed by atoms with E-state index in [1.165, 1.54) is 7.11 Å². The van der Waals surface area contributed by atoms with Crippen LogP contribution in [0.4, 0.5) is 11.4 Å². The van der Waals surface area contributed by atoms with Gasteiger partial charge in [0.1, 0.15) is 5.69 Å². The normalized spacial score (nSPS) is 10.0. The lowest BCUT2D eigenvalue weighted by atomic mass is 10.2. The molecular weight excluding hydrogens is 324 g/mol. The van der Waals surface area contributed by atoms with Crippen molar-refractivity contribution < 1.29 is 19.1 Å². The first-order chi connectivity index (χ1) is 11.9. The van der Waals surface area contributed by atoms with E-state index in [1.54, 1.807) is 44.3 Å². The number of benzene rings is 1. The van der Waals surface area contributed by atoms with Gasteiger partial charge >= 0.3 is 5.97 Å². The molecule has 132 valence electrons. The largest absolute Gasteiger partial charge is 0.464 e. The average molecular weight is 344 g/mol. The third-order valence-corrected chi connectivity index (χ3v) is 3.44. The number of H-pyrrole nitrogens is 1. The maximum absolute atomic E-state index is 12.0. The second kappa shape index (κ2) is 8.00. The minimum Gasteiger partial charge on any atom is -0.464 e. The van der Waals surface area contributed by atoms with Gasteiger partial charge in [-0.25, -0.2) is 4.79 Å². The van der Waals surface area contributed by atoms with Crippen LogP contribution in [0.3, 0.4) is 0 Å². The summed E-state index contributed by atoms with van der Waals surface area (Å²) in [4.78, 5) is 38.1. The Balaban J connectivity index is 1.95. The number of anilines is 2. The number of carbonyl (C=O) groups is 3. The summed E-state index contributed by atoms with van der Waals surface area (Å²) < 4.78 is 4.69. The summed E-state index contributed by atoms with van der Waals surface area (Å²) in [5.74, 6) is -0.999. The van der Waals surface area contributed by atoms with Crippen LogP contribution in [-0.2, 0) is 9.53 Å². The van der Waals surface area contributed by atoms with Crippen LogP contribution >= 0.6 is 0 Å². The summed E-state index contributed by atoms with van der Waals surface area (Å²) in [7, 11) is 2.84. The minimum absolute atomic E-state index is 0.0293. The molecule has 1 aromatic heterocycles. The topological polar surface area (TPSA) is 112 Å². The summed E-state index contributed by atoms with van der Waals surface area (Å²) in [6, 6.07) is 8.24. The third kappa shape index (κ3) is 4.60. The van der Waals surface area contributed by atoms with E-state index in [-0.39, 0.29) is 24.1 Å². The SMILES string of the molecule is CNC(=O)c1ccc(NC(=O)CNc2cc(C)[nH]c2C(=O)OC)cc1. The molecule has 0 atom stereocenters. The summed E-state index contributed by atoms with van der Waals surface area (Å²) in [6.45, 7) is 1.77. The van der Waals surface area contributed by atoms with Crippen molar-refractivity contribution in [2.45, 2.75) is 6.92 Å². The Morgan fingerprint density at radius 2 is 1.84 bits per heavy atom. The molecule has 0 aliphatic carbocycles. The van der Waals surface area contributed by atoms with Crippen molar-refractivity contribution >= 4 is 29.2 Å². The molecule has 0 radical (unpaired) electrons. The summed E-state index contributed by atoms with van der Waals surface area (Å²) in [5, 5.41) is 8.13. The second-order valence-electron chi connectivity index (χ2n) is 5.29. The number of aryl methyl sites for hydroxylation is 1. The molecule has 0 aliphatic rings. The van der Waals surface area contributed by atoms with Gasteiger partial charge in [0.2, 0.25) is 5.91 Å². The zero-order valence-electron chi connectivity index (χ0n) is 14.2. The van der Waals surface area contributed by atoms with Gasteiger partial charge in [-0.2, -0.15) is 0 Å². The van der Waals surface area contributed by atoms with E-state index in [0.29, 0.717) is 16.9 Å². The highest BCUT2D eigenvalue weighted by Gasteiger charge is 2.15. The van der Waals surface area contributed by atoms with E-state index in [2.05, 4.69) is 25.7 Å². The van der Waals surface area contributed by atoms with Crippen molar-refractivity contribution in [3.05, 3.63) is 47.3 Å². The van der Waals surface area contributed by atoms with Crippen molar-refractivity contribution in [1.29, 1.82) is 0 Å². The molecule has 0 bridgehead atoms. The fourth-order valence-corrected chi connectivity index (χ4v) is 2.22. The van der Waals surface area contributed by atoms with Gasteiger partial charge in [0, 0.05) is 24.0 Å². The molecule has 2 aromatic rings. The molecule has 0 aliphatic heterocycles. The average Bonchev–Trinajstić information content (AvgIpc) is 3.00. The van der Waals surface area contributed by atoms with E-state index in [4.69, 9.17) is 0 Å². The molecule has 4 N–H and O–H groups in total. The van der Waals surface area contributed by atoms with Crippen LogP contribution in [0.5, 0.6) is 0 Å². The fraction of sp³-hybridized carbons (Fsp3) is 0.235. The highest BCUT2D eigenvalue weighted by molar-refractivity contribution is 5.98. The Morgan fingerprint density at radius 3 is 2.44 bits per heavy atom. The van der Waals surface area contributed by atoms with E-state index in [9.17, 15) is 14.4 Å². The smallest absolute Gasteiger partial charge is 0.356 e. The van der Waals surface area contributed by atoms with Crippen LogP contribution in [0.2, 0.25) is 0 Å². The number of amides is 2. The number of ether oxygens (including phenoxy) is 1. The number of nitrogens with one attached hydrogen (secondary N) is 4. The van der Waals surface area contributed by atoms with Crippen LogP contribution in [0.15, 0.2) is 30.3 Å². The number of aromatic amines is 1. The molecule has 0 saturated heterocycles. The number of rotatable bonds is 6. The van der Waals surface area contributed by atoms with Crippen LogP contribution < -0.4 is 16.0 Å². The first-order valence-corrected chi connectivity index (χ1v) is 7.58. The van der Waals surface area contributed by atoms with Crippen LogP contribution in [0.1, 0.15) is 26.5 Å². The van der Waals surface area contributed by atoms with Crippen molar-refractivity contribution in [2.75, 3.05) is 31.3 Å². The van der Waals surface area contributed by atoms with E-state index < -0.39 is 5.97 Å². The summed E-state index contributed by atoms with van der Waals surface area (Å²) >= 11 is 0. The molecule has 1 heterocycles. The van der Waals surface area contributed by atoms with E-state index >= 15 is 0 Å². The first-order valence-electron chi connectivity index (χ1n) is 7.58.